The largest absolute Gasteiger partial charge is 0.493 e. The molecule has 16 heavy (non-hydrogen) atoms. The first-order chi connectivity index (χ1) is 7.76. The van der Waals surface area contributed by atoms with Crippen LogP contribution in [0, 0.1) is 5.41 Å². The zero-order chi connectivity index (χ0) is 11.9. The highest BCUT2D eigenvalue weighted by molar-refractivity contribution is 5.21. The lowest BCUT2D eigenvalue weighted by Gasteiger charge is -2.31. The Morgan fingerprint density at radius 1 is 1.00 bits per heavy atom. The maximum absolute atomic E-state index is 5.91. The standard InChI is InChI=1S/C15H24O/c1-4-12-15(5-2,6-3)13-16-14-10-8-7-9-11-14/h7-11H,4-6,12-13H2,1-3H3. The Kier molecular flexibility index (Phi) is 5.37. The molecule has 1 nitrogen and oxygen atoms in total. The van der Waals surface area contributed by atoms with Crippen molar-refractivity contribution in [3.8, 4) is 5.75 Å². The second-order valence-electron chi connectivity index (χ2n) is 4.56. The van der Waals surface area contributed by atoms with E-state index in [4.69, 9.17) is 4.74 Å². The minimum atomic E-state index is 0.366. The van der Waals surface area contributed by atoms with Gasteiger partial charge in [-0.25, -0.2) is 0 Å². The Bertz CT molecular complexity index is 275. The minimum absolute atomic E-state index is 0.366. The lowest BCUT2D eigenvalue weighted by atomic mass is 9.79. The van der Waals surface area contributed by atoms with Crippen LogP contribution >= 0.6 is 0 Å². The molecule has 0 radical (unpaired) electrons. The van der Waals surface area contributed by atoms with Crippen LogP contribution in [0.15, 0.2) is 30.3 Å². The van der Waals surface area contributed by atoms with Gasteiger partial charge in [0.2, 0.25) is 0 Å². The Balaban J connectivity index is 2.56. The summed E-state index contributed by atoms with van der Waals surface area (Å²) in [5.41, 5.74) is 0.366. The van der Waals surface area contributed by atoms with Gasteiger partial charge in [-0.1, -0.05) is 45.4 Å². The van der Waals surface area contributed by atoms with E-state index in [2.05, 4.69) is 20.8 Å². The summed E-state index contributed by atoms with van der Waals surface area (Å²) in [6, 6.07) is 10.1. The fourth-order valence-corrected chi connectivity index (χ4v) is 2.16. The highest BCUT2D eigenvalue weighted by Crippen LogP contribution is 2.32. The second-order valence-corrected chi connectivity index (χ2v) is 4.56. The average molecular weight is 220 g/mol. The van der Waals surface area contributed by atoms with Gasteiger partial charge in [0, 0.05) is 5.41 Å². The predicted octanol–water partition coefficient (Wildman–Crippen LogP) is 4.67. The smallest absolute Gasteiger partial charge is 0.119 e. The molecule has 0 spiro atoms. The molecule has 0 unspecified atom stereocenters. The summed E-state index contributed by atoms with van der Waals surface area (Å²) in [6.07, 6.45) is 4.89. The van der Waals surface area contributed by atoms with Crippen molar-refractivity contribution in [2.45, 2.75) is 46.5 Å². The first kappa shape index (κ1) is 13.1. The molecule has 90 valence electrons. The Morgan fingerprint density at radius 2 is 1.62 bits per heavy atom. The van der Waals surface area contributed by atoms with Crippen LogP contribution in [-0.2, 0) is 0 Å². The van der Waals surface area contributed by atoms with Crippen molar-refractivity contribution in [3.05, 3.63) is 30.3 Å². The number of ether oxygens (including phenoxy) is 1. The van der Waals surface area contributed by atoms with E-state index < -0.39 is 0 Å². The Labute approximate surface area is 99.8 Å². The molecule has 0 aliphatic heterocycles. The average Bonchev–Trinajstić information content (AvgIpc) is 2.36. The van der Waals surface area contributed by atoms with Gasteiger partial charge in [-0.2, -0.15) is 0 Å². The van der Waals surface area contributed by atoms with Crippen LogP contribution in [0.25, 0.3) is 0 Å². The van der Waals surface area contributed by atoms with E-state index in [0.717, 1.165) is 12.4 Å². The van der Waals surface area contributed by atoms with Crippen LogP contribution in [0.5, 0.6) is 5.75 Å². The van der Waals surface area contributed by atoms with Gasteiger partial charge in [0.05, 0.1) is 6.61 Å². The molecule has 0 aliphatic carbocycles. The molecule has 0 fully saturated rings. The van der Waals surface area contributed by atoms with Crippen molar-refractivity contribution < 1.29 is 4.74 Å². The van der Waals surface area contributed by atoms with E-state index in [1.165, 1.54) is 25.7 Å². The molecule has 1 rings (SSSR count). The topological polar surface area (TPSA) is 9.23 Å². The van der Waals surface area contributed by atoms with E-state index in [0.29, 0.717) is 5.41 Å². The van der Waals surface area contributed by atoms with Gasteiger partial charge in [0.1, 0.15) is 5.75 Å². The molecule has 0 aliphatic rings. The van der Waals surface area contributed by atoms with Crippen molar-refractivity contribution in [1.82, 2.24) is 0 Å². The molecule has 0 heterocycles. The molecule has 1 aromatic rings. The van der Waals surface area contributed by atoms with Gasteiger partial charge in [0.25, 0.3) is 0 Å². The number of hydrogen-bond donors (Lipinski definition) is 0. The van der Waals surface area contributed by atoms with Gasteiger partial charge >= 0.3 is 0 Å². The zero-order valence-corrected chi connectivity index (χ0v) is 10.8. The van der Waals surface area contributed by atoms with Crippen LogP contribution in [0.1, 0.15) is 46.5 Å². The fourth-order valence-electron chi connectivity index (χ4n) is 2.16. The maximum atomic E-state index is 5.91. The number of benzene rings is 1. The van der Waals surface area contributed by atoms with E-state index in [9.17, 15) is 0 Å². The molecule has 0 bridgehead atoms. The predicted molar refractivity (Wildman–Crippen MR) is 69.9 cm³/mol. The molecule has 0 amide bonds. The van der Waals surface area contributed by atoms with Crippen molar-refractivity contribution >= 4 is 0 Å². The third-order valence-electron chi connectivity index (χ3n) is 3.57. The molecule has 1 heteroatoms. The molecule has 0 saturated carbocycles. The Hall–Kier alpha value is -0.980. The fraction of sp³-hybridized carbons (Fsp3) is 0.600. The molecule has 1 aromatic carbocycles. The second kappa shape index (κ2) is 6.57. The lowest BCUT2D eigenvalue weighted by Crippen LogP contribution is -2.27. The van der Waals surface area contributed by atoms with Crippen LogP contribution in [0.3, 0.4) is 0 Å². The van der Waals surface area contributed by atoms with Gasteiger partial charge < -0.3 is 4.74 Å². The van der Waals surface area contributed by atoms with Gasteiger partial charge in [-0.15, -0.1) is 0 Å². The summed E-state index contributed by atoms with van der Waals surface area (Å²) < 4.78 is 5.91. The number of hydrogen-bond acceptors (Lipinski definition) is 1. The summed E-state index contributed by atoms with van der Waals surface area (Å²) in [7, 11) is 0. The van der Waals surface area contributed by atoms with E-state index in [1.807, 2.05) is 30.3 Å². The summed E-state index contributed by atoms with van der Waals surface area (Å²) in [5, 5.41) is 0. The van der Waals surface area contributed by atoms with Crippen molar-refractivity contribution in [2.24, 2.45) is 5.41 Å². The summed E-state index contributed by atoms with van der Waals surface area (Å²) in [4.78, 5) is 0. The van der Waals surface area contributed by atoms with Crippen LogP contribution in [0.2, 0.25) is 0 Å². The SMILES string of the molecule is CCCC(CC)(CC)COc1ccccc1. The first-order valence-electron chi connectivity index (χ1n) is 6.44. The minimum Gasteiger partial charge on any atom is -0.493 e. The van der Waals surface area contributed by atoms with Crippen LogP contribution in [-0.4, -0.2) is 6.61 Å². The molecule has 0 saturated heterocycles. The van der Waals surface area contributed by atoms with Crippen LogP contribution < -0.4 is 4.74 Å². The van der Waals surface area contributed by atoms with Crippen molar-refractivity contribution in [2.75, 3.05) is 6.61 Å². The monoisotopic (exact) mass is 220 g/mol. The molecular formula is C15H24O. The van der Waals surface area contributed by atoms with E-state index in [-0.39, 0.29) is 0 Å². The zero-order valence-electron chi connectivity index (χ0n) is 10.8. The summed E-state index contributed by atoms with van der Waals surface area (Å²) in [6.45, 7) is 7.64. The van der Waals surface area contributed by atoms with E-state index >= 15 is 0 Å². The number of para-hydroxylation sites is 1. The first-order valence-corrected chi connectivity index (χ1v) is 6.44. The summed E-state index contributed by atoms with van der Waals surface area (Å²) in [5.74, 6) is 0.991. The van der Waals surface area contributed by atoms with E-state index in [1.54, 1.807) is 0 Å². The molecule has 0 aromatic heterocycles. The molecular weight excluding hydrogens is 196 g/mol. The Morgan fingerprint density at radius 3 is 2.12 bits per heavy atom. The van der Waals surface area contributed by atoms with Crippen molar-refractivity contribution in [3.63, 3.8) is 0 Å². The highest BCUT2D eigenvalue weighted by atomic mass is 16.5. The lowest BCUT2D eigenvalue weighted by molar-refractivity contribution is 0.121. The van der Waals surface area contributed by atoms with Crippen molar-refractivity contribution in [1.29, 1.82) is 0 Å². The molecule has 0 atom stereocenters. The summed E-state index contributed by atoms with van der Waals surface area (Å²) >= 11 is 0. The number of rotatable bonds is 7. The maximum Gasteiger partial charge on any atom is 0.119 e. The van der Waals surface area contributed by atoms with Gasteiger partial charge in [0.15, 0.2) is 0 Å². The third kappa shape index (κ3) is 3.55. The van der Waals surface area contributed by atoms with Gasteiger partial charge in [-0.05, 0) is 31.4 Å². The third-order valence-corrected chi connectivity index (χ3v) is 3.57. The van der Waals surface area contributed by atoms with Gasteiger partial charge in [-0.3, -0.25) is 0 Å². The quantitative estimate of drug-likeness (QED) is 0.648. The highest BCUT2D eigenvalue weighted by Gasteiger charge is 2.25. The van der Waals surface area contributed by atoms with Crippen LogP contribution in [0.4, 0.5) is 0 Å². The molecule has 0 N–H and O–H groups in total. The normalized spacial score (nSPS) is 11.4.